The molecule has 0 aliphatic carbocycles. The summed E-state index contributed by atoms with van der Waals surface area (Å²) < 4.78 is 16.2. The molecule has 0 aromatic rings. The van der Waals surface area contributed by atoms with Gasteiger partial charge in [0.1, 0.15) is 0 Å². The van der Waals surface area contributed by atoms with Crippen molar-refractivity contribution in [3.63, 3.8) is 0 Å². The highest BCUT2D eigenvalue weighted by atomic mass is 16.7. The molecule has 0 bridgehead atoms. The number of aliphatic hydroxyl groups excluding tert-OH is 1. The van der Waals surface area contributed by atoms with Crippen LogP contribution in [0.3, 0.4) is 0 Å². The lowest BCUT2D eigenvalue weighted by atomic mass is 9.87. The van der Waals surface area contributed by atoms with Crippen molar-refractivity contribution in [2.24, 2.45) is 11.8 Å². The summed E-state index contributed by atoms with van der Waals surface area (Å²) in [6.45, 7) is 5.51. The highest BCUT2D eigenvalue weighted by molar-refractivity contribution is 5.91. The molecule has 1 rings (SSSR count). The minimum atomic E-state index is -0.440. The number of amides is 1. The van der Waals surface area contributed by atoms with Crippen LogP contribution in [0.5, 0.6) is 0 Å². The maximum atomic E-state index is 12.0. The quantitative estimate of drug-likeness (QED) is 0.623. The van der Waals surface area contributed by atoms with Gasteiger partial charge in [-0.25, -0.2) is 0 Å². The standard InChI is InChI=1S/C15H27NO5/c1-4-20-15-12(6-5-8-17)11(2)10-13(21-15)14(18)16-7-9-19-3/h10-12,15,17H,4-9H2,1-3H3,(H,16,18)/t11-,12-,15+/m0/s1. The van der Waals surface area contributed by atoms with Gasteiger partial charge >= 0.3 is 0 Å². The first kappa shape index (κ1) is 17.9. The fraction of sp³-hybridized carbons (Fsp3) is 0.800. The van der Waals surface area contributed by atoms with Crippen LogP contribution in [0.15, 0.2) is 11.8 Å². The molecule has 6 heteroatoms. The van der Waals surface area contributed by atoms with E-state index in [1.165, 1.54) is 0 Å². The minimum absolute atomic E-state index is 0.146. The molecule has 3 atom stereocenters. The van der Waals surface area contributed by atoms with E-state index >= 15 is 0 Å². The zero-order chi connectivity index (χ0) is 15.7. The van der Waals surface area contributed by atoms with Crippen LogP contribution < -0.4 is 5.32 Å². The van der Waals surface area contributed by atoms with E-state index in [2.05, 4.69) is 5.32 Å². The fourth-order valence-corrected chi connectivity index (χ4v) is 2.39. The number of hydrogen-bond donors (Lipinski definition) is 2. The van der Waals surface area contributed by atoms with Crippen LogP contribution >= 0.6 is 0 Å². The van der Waals surface area contributed by atoms with Gasteiger partial charge in [0.15, 0.2) is 5.76 Å². The highest BCUT2D eigenvalue weighted by Gasteiger charge is 2.34. The predicted molar refractivity (Wildman–Crippen MR) is 78.4 cm³/mol. The van der Waals surface area contributed by atoms with Crippen LogP contribution in [0.25, 0.3) is 0 Å². The molecule has 21 heavy (non-hydrogen) atoms. The van der Waals surface area contributed by atoms with Crippen molar-refractivity contribution in [3.8, 4) is 0 Å². The normalized spacial score (nSPS) is 25.1. The van der Waals surface area contributed by atoms with E-state index in [4.69, 9.17) is 19.3 Å². The Bertz CT molecular complexity index is 345. The van der Waals surface area contributed by atoms with Crippen LogP contribution in [0.1, 0.15) is 26.7 Å². The van der Waals surface area contributed by atoms with Gasteiger partial charge in [0.05, 0.1) is 6.61 Å². The second kappa shape index (κ2) is 9.76. The second-order valence-corrected chi connectivity index (χ2v) is 5.11. The van der Waals surface area contributed by atoms with E-state index in [9.17, 15) is 4.79 Å². The third-order valence-corrected chi connectivity index (χ3v) is 3.52. The van der Waals surface area contributed by atoms with E-state index in [1.807, 2.05) is 19.9 Å². The molecule has 0 aromatic heterocycles. The third kappa shape index (κ3) is 5.65. The maximum absolute atomic E-state index is 12.0. The second-order valence-electron chi connectivity index (χ2n) is 5.11. The fourth-order valence-electron chi connectivity index (χ4n) is 2.39. The van der Waals surface area contributed by atoms with Crippen molar-refractivity contribution < 1.29 is 24.1 Å². The van der Waals surface area contributed by atoms with E-state index < -0.39 is 6.29 Å². The zero-order valence-corrected chi connectivity index (χ0v) is 13.1. The molecule has 0 aromatic carbocycles. The number of allylic oxidation sites excluding steroid dienone is 1. The first-order chi connectivity index (χ1) is 10.1. The van der Waals surface area contributed by atoms with Crippen LogP contribution in [0.4, 0.5) is 0 Å². The van der Waals surface area contributed by atoms with Crippen molar-refractivity contribution in [2.75, 3.05) is 33.5 Å². The maximum Gasteiger partial charge on any atom is 0.286 e. The van der Waals surface area contributed by atoms with Gasteiger partial charge in [-0.3, -0.25) is 4.79 Å². The Hall–Kier alpha value is -1.11. The van der Waals surface area contributed by atoms with Crippen molar-refractivity contribution >= 4 is 5.91 Å². The molecule has 0 saturated heterocycles. The van der Waals surface area contributed by atoms with Crippen LogP contribution in [-0.4, -0.2) is 50.8 Å². The summed E-state index contributed by atoms with van der Waals surface area (Å²) in [6.07, 6.45) is 2.90. The summed E-state index contributed by atoms with van der Waals surface area (Å²) in [7, 11) is 1.58. The topological polar surface area (TPSA) is 77.0 Å². The van der Waals surface area contributed by atoms with Crippen molar-refractivity contribution in [1.29, 1.82) is 0 Å². The van der Waals surface area contributed by atoms with Crippen LogP contribution in [0.2, 0.25) is 0 Å². The molecule has 0 unspecified atom stereocenters. The van der Waals surface area contributed by atoms with E-state index in [0.29, 0.717) is 31.9 Å². The number of carbonyl (C=O) groups is 1. The number of nitrogens with one attached hydrogen (secondary N) is 1. The van der Waals surface area contributed by atoms with Crippen LogP contribution in [-0.2, 0) is 19.0 Å². The summed E-state index contributed by atoms with van der Waals surface area (Å²) in [6, 6.07) is 0. The molecule has 0 fully saturated rings. The van der Waals surface area contributed by atoms with Gasteiger partial charge in [-0.1, -0.05) is 6.92 Å². The summed E-state index contributed by atoms with van der Waals surface area (Å²) >= 11 is 0. The SMILES string of the molecule is CCO[C@@H]1OC(C(=O)NCCOC)=C[C@H](C)[C@@H]1CCCO. The molecule has 2 N–H and O–H groups in total. The molecular formula is C15H27NO5. The molecule has 122 valence electrons. The van der Waals surface area contributed by atoms with Gasteiger partial charge in [-0.15, -0.1) is 0 Å². The highest BCUT2D eigenvalue weighted by Crippen LogP contribution is 2.32. The Morgan fingerprint density at radius 3 is 2.90 bits per heavy atom. The molecule has 0 radical (unpaired) electrons. The number of ether oxygens (including phenoxy) is 3. The Morgan fingerprint density at radius 2 is 2.29 bits per heavy atom. The lowest BCUT2D eigenvalue weighted by Crippen LogP contribution is -2.39. The van der Waals surface area contributed by atoms with E-state index in [0.717, 1.165) is 6.42 Å². The third-order valence-electron chi connectivity index (χ3n) is 3.52. The average molecular weight is 301 g/mol. The van der Waals surface area contributed by atoms with E-state index in [-0.39, 0.29) is 24.3 Å². The first-order valence-electron chi connectivity index (χ1n) is 7.52. The van der Waals surface area contributed by atoms with Crippen molar-refractivity contribution in [2.45, 2.75) is 33.0 Å². The largest absolute Gasteiger partial charge is 0.459 e. The molecule has 1 amide bonds. The van der Waals surface area contributed by atoms with Gasteiger partial charge in [0.2, 0.25) is 6.29 Å². The number of methoxy groups -OCH3 is 1. The van der Waals surface area contributed by atoms with Gasteiger partial charge in [-0.05, 0) is 31.8 Å². The summed E-state index contributed by atoms with van der Waals surface area (Å²) in [5.74, 6) is 0.360. The van der Waals surface area contributed by atoms with Gasteiger partial charge < -0.3 is 24.6 Å². The Balaban J connectivity index is 2.68. The first-order valence-corrected chi connectivity index (χ1v) is 7.52. The van der Waals surface area contributed by atoms with E-state index in [1.54, 1.807) is 7.11 Å². The minimum Gasteiger partial charge on any atom is -0.459 e. The molecular weight excluding hydrogens is 274 g/mol. The van der Waals surface area contributed by atoms with Crippen molar-refractivity contribution in [1.82, 2.24) is 5.32 Å². The predicted octanol–water partition coefficient (Wildman–Crippen LogP) is 1.05. The summed E-state index contributed by atoms with van der Waals surface area (Å²) in [4.78, 5) is 12.0. The lowest BCUT2D eigenvalue weighted by molar-refractivity contribution is -0.171. The Kier molecular flexibility index (Phi) is 8.34. The Labute approximate surface area is 126 Å². The molecule has 1 aliphatic heterocycles. The van der Waals surface area contributed by atoms with Crippen LogP contribution in [0, 0.1) is 11.8 Å². The molecule has 0 saturated carbocycles. The lowest BCUT2D eigenvalue weighted by Gasteiger charge is -2.35. The Morgan fingerprint density at radius 1 is 1.52 bits per heavy atom. The van der Waals surface area contributed by atoms with Crippen molar-refractivity contribution in [3.05, 3.63) is 11.8 Å². The number of hydrogen-bond acceptors (Lipinski definition) is 5. The van der Waals surface area contributed by atoms with Gasteiger partial charge in [0.25, 0.3) is 5.91 Å². The number of rotatable bonds is 9. The summed E-state index contributed by atoms with van der Waals surface area (Å²) in [5.41, 5.74) is 0. The summed E-state index contributed by atoms with van der Waals surface area (Å²) in [5, 5.41) is 11.7. The molecule has 1 heterocycles. The smallest absolute Gasteiger partial charge is 0.286 e. The number of aliphatic hydroxyl groups is 1. The number of carbonyl (C=O) groups excluding carboxylic acids is 1. The zero-order valence-electron chi connectivity index (χ0n) is 13.1. The molecule has 0 spiro atoms. The molecule has 6 nitrogen and oxygen atoms in total. The van der Waals surface area contributed by atoms with Gasteiger partial charge in [0, 0.05) is 32.8 Å². The monoisotopic (exact) mass is 301 g/mol. The van der Waals surface area contributed by atoms with Gasteiger partial charge in [-0.2, -0.15) is 0 Å². The molecule has 1 aliphatic rings. The average Bonchev–Trinajstić information content (AvgIpc) is 2.46.